The lowest BCUT2D eigenvalue weighted by atomic mass is 10.0. The molecule has 0 saturated carbocycles. The fourth-order valence-corrected chi connectivity index (χ4v) is 4.95. The van der Waals surface area contributed by atoms with E-state index in [1.807, 2.05) is 10.7 Å². The second-order valence-corrected chi connectivity index (χ2v) is 9.57. The van der Waals surface area contributed by atoms with Gasteiger partial charge in [0.15, 0.2) is 5.82 Å². The molecule has 7 nitrogen and oxygen atoms in total. The quantitative estimate of drug-likeness (QED) is 0.351. The van der Waals surface area contributed by atoms with Gasteiger partial charge in [-0.1, -0.05) is 66.7 Å². The van der Waals surface area contributed by atoms with Crippen molar-refractivity contribution in [2.24, 2.45) is 0 Å². The topological polar surface area (TPSA) is 59.3 Å². The van der Waals surface area contributed by atoms with Gasteiger partial charge in [-0.15, -0.1) is 5.10 Å². The van der Waals surface area contributed by atoms with Gasteiger partial charge in [0, 0.05) is 44.8 Å². The zero-order chi connectivity index (χ0) is 25.6. The maximum Gasteiger partial charge on any atom is 0.187 e. The van der Waals surface area contributed by atoms with E-state index in [9.17, 15) is 0 Å². The van der Waals surface area contributed by atoms with Gasteiger partial charge in [0.2, 0.25) is 0 Å². The van der Waals surface area contributed by atoms with Crippen molar-refractivity contribution < 1.29 is 4.74 Å². The number of piperazine rings is 1. The number of benzene rings is 3. The first-order valence-electron chi connectivity index (χ1n) is 12.8. The first-order valence-corrected chi connectivity index (χ1v) is 12.8. The van der Waals surface area contributed by atoms with Crippen LogP contribution in [0.15, 0.2) is 72.8 Å². The summed E-state index contributed by atoms with van der Waals surface area (Å²) in [5.41, 5.74) is 6.73. The number of tetrazole rings is 1. The average molecular weight is 495 g/mol. The summed E-state index contributed by atoms with van der Waals surface area (Å²) < 4.78 is 7.43. The van der Waals surface area contributed by atoms with Gasteiger partial charge in [0.25, 0.3) is 0 Å². The van der Waals surface area contributed by atoms with Crippen LogP contribution in [0.25, 0.3) is 23.2 Å². The molecular formula is C30H34N6O. The highest BCUT2D eigenvalue weighted by Gasteiger charge is 2.21. The molecule has 0 amide bonds. The Bertz CT molecular complexity index is 1340. The first-order chi connectivity index (χ1) is 18.1. The number of rotatable bonds is 8. The van der Waals surface area contributed by atoms with E-state index in [2.05, 4.69) is 112 Å². The van der Waals surface area contributed by atoms with Crippen LogP contribution >= 0.6 is 0 Å². The number of hydrogen-bond acceptors (Lipinski definition) is 6. The van der Waals surface area contributed by atoms with Gasteiger partial charge < -0.3 is 4.74 Å². The zero-order valence-corrected chi connectivity index (χ0v) is 21.8. The van der Waals surface area contributed by atoms with Crippen LogP contribution in [0.1, 0.15) is 22.3 Å². The molecule has 1 fully saturated rings. The van der Waals surface area contributed by atoms with Crippen LogP contribution in [0.5, 0.6) is 5.75 Å². The van der Waals surface area contributed by atoms with Crippen LogP contribution in [0, 0.1) is 13.8 Å². The van der Waals surface area contributed by atoms with E-state index in [0.29, 0.717) is 0 Å². The van der Waals surface area contributed by atoms with Gasteiger partial charge >= 0.3 is 0 Å². The highest BCUT2D eigenvalue weighted by molar-refractivity contribution is 5.65. The minimum absolute atomic E-state index is 0.732. The average Bonchev–Trinajstić information content (AvgIpc) is 3.39. The number of nitrogens with zero attached hydrogens (tertiary/aromatic N) is 6. The summed E-state index contributed by atoms with van der Waals surface area (Å²) in [4.78, 5) is 5.02. The normalized spacial score (nSPS) is 14.9. The number of aromatic nitrogens is 4. The molecular weight excluding hydrogens is 460 g/mol. The maximum atomic E-state index is 5.57. The summed E-state index contributed by atoms with van der Waals surface area (Å²) in [5, 5.41) is 12.9. The number of methoxy groups -OCH3 is 1. The molecule has 3 aromatic carbocycles. The zero-order valence-electron chi connectivity index (χ0n) is 21.8. The van der Waals surface area contributed by atoms with Crippen LogP contribution in [-0.2, 0) is 6.54 Å². The van der Waals surface area contributed by atoms with Crippen molar-refractivity contribution >= 4 is 6.08 Å². The third-order valence-corrected chi connectivity index (χ3v) is 7.01. The minimum atomic E-state index is 0.732. The van der Waals surface area contributed by atoms with Crippen molar-refractivity contribution in [1.82, 2.24) is 30.0 Å². The van der Waals surface area contributed by atoms with Gasteiger partial charge in [0.05, 0.1) is 12.8 Å². The molecule has 1 saturated heterocycles. The van der Waals surface area contributed by atoms with Gasteiger partial charge in [-0.2, -0.15) is 4.68 Å². The summed E-state index contributed by atoms with van der Waals surface area (Å²) in [7, 11) is 1.69. The smallest absolute Gasteiger partial charge is 0.187 e. The van der Waals surface area contributed by atoms with Crippen molar-refractivity contribution in [2.75, 3.05) is 39.8 Å². The molecule has 0 aliphatic carbocycles. The van der Waals surface area contributed by atoms with Crippen molar-refractivity contribution in [3.63, 3.8) is 0 Å². The molecule has 0 unspecified atom stereocenters. The molecule has 0 N–H and O–H groups in total. The lowest BCUT2D eigenvalue weighted by Gasteiger charge is -2.34. The molecule has 5 rings (SSSR count). The standard InChI is InChI=1S/C30H34N6O/c1-23-9-7-10-24(2)29(23)36-30(31-32-33-36)28-21-27(37-3)15-14-26(28)22-35-19-17-34(18-20-35)16-8-13-25-11-5-4-6-12-25/h4-15,21H,16-20,22H2,1-3H3. The predicted molar refractivity (Wildman–Crippen MR) is 148 cm³/mol. The van der Waals surface area contributed by atoms with Crippen molar-refractivity contribution in [3.8, 4) is 22.8 Å². The monoisotopic (exact) mass is 494 g/mol. The first kappa shape index (κ1) is 24.9. The molecule has 1 aliphatic rings. The van der Waals surface area contributed by atoms with E-state index in [1.54, 1.807) is 7.11 Å². The van der Waals surface area contributed by atoms with Crippen LogP contribution in [0.3, 0.4) is 0 Å². The van der Waals surface area contributed by atoms with Gasteiger partial charge in [-0.25, -0.2) is 0 Å². The van der Waals surface area contributed by atoms with E-state index in [0.717, 1.165) is 73.2 Å². The van der Waals surface area contributed by atoms with E-state index in [4.69, 9.17) is 4.74 Å². The molecule has 37 heavy (non-hydrogen) atoms. The van der Waals surface area contributed by atoms with E-state index >= 15 is 0 Å². The second-order valence-electron chi connectivity index (χ2n) is 9.57. The summed E-state index contributed by atoms with van der Waals surface area (Å²) >= 11 is 0. The number of ether oxygens (including phenoxy) is 1. The third-order valence-electron chi connectivity index (χ3n) is 7.01. The Morgan fingerprint density at radius 1 is 0.865 bits per heavy atom. The summed E-state index contributed by atoms with van der Waals surface area (Å²) in [6.07, 6.45) is 4.47. The fourth-order valence-electron chi connectivity index (χ4n) is 4.95. The lowest BCUT2D eigenvalue weighted by molar-refractivity contribution is 0.137. The molecule has 1 aliphatic heterocycles. The van der Waals surface area contributed by atoms with Crippen LogP contribution in [0.2, 0.25) is 0 Å². The van der Waals surface area contributed by atoms with E-state index in [1.165, 1.54) is 11.1 Å². The third kappa shape index (κ3) is 5.79. The van der Waals surface area contributed by atoms with E-state index < -0.39 is 0 Å². The largest absolute Gasteiger partial charge is 0.497 e. The Morgan fingerprint density at radius 3 is 2.32 bits per heavy atom. The number of aryl methyl sites for hydroxylation is 2. The molecule has 0 atom stereocenters. The maximum absolute atomic E-state index is 5.57. The van der Waals surface area contributed by atoms with Crippen molar-refractivity contribution in [2.45, 2.75) is 20.4 Å². The Balaban J connectivity index is 1.31. The van der Waals surface area contributed by atoms with Crippen LogP contribution < -0.4 is 4.74 Å². The Hall–Kier alpha value is -3.81. The van der Waals surface area contributed by atoms with Gasteiger partial charge in [-0.3, -0.25) is 9.80 Å². The molecule has 0 bridgehead atoms. The molecule has 4 aromatic rings. The molecule has 1 aromatic heterocycles. The van der Waals surface area contributed by atoms with Gasteiger partial charge in [-0.05, 0) is 58.7 Å². The molecule has 0 radical (unpaired) electrons. The Labute approximate surface area is 219 Å². The molecule has 7 heteroatoms. The highest BCUT2D eigenvalue weighted by atomic mass is 16.5. The lowest BCUT2D eigenvalue weighted by Crippen LogP contribution is -2.45. The van der Waals surface area contributed by atoms with Gasteiger partial charge in [0.1, 0.15) is 5.75 Å². The second kappa shape index (κ2) is 11.5. The van der Waals surface area contributed by atoms with Crippen molar-refractivity contribution in [3.05, 3.63) is 95.1 Å². The summed E-state index contributed by atoms with van der Waals surface area (Å²) in [6, 6.07) is 22.9. The minimum Gasteiger partial charge on any atom is -0.497 e. The molecule has 2 heterocycles. The predicted octanol–water partition coefficient (Wildman–Crippen LogP) is 4.79. The summed E-state index contributed by atoms with van der Waals surface area (Å²) in [5.74, 6) is 1.53. The number of para-hydroxylation sites is 1. The fraction of sp³-hybridized carbons (Fsp3) is 0.300. The van der Waals surface area contributed by atoms with E-state index in [-0.39, 0.29) is 0 Å². The Morgan fingerprint density at radius 2 is 1.59 bits per heavy atom. The number of hydrogen-bond donors (Lipinski definition) is 0. The SMILES string of the molecule is COc1ccc(CN2CCN(CC=Cc3ccccc3)CC2)c(-c2nnnn2-c2c(C)cccc2C)c1. The van der Waals surface area contributed by atoms with Crippen LogP contribution in [-0.4, -0.2) is 69.8 Å². The summed E-state index contributed by atoms with van der Waals surface area (Å²) in [6.45, 7) is 10.1. The molecule has 190 valence electrons. The Kier molecular flexibility index (Phi) is 7.73. The molecule has 0 spiro atoms. The van der Waals surface area contributed by atoms with Crippen molar-refractivity contribution in [1.29, 1.82) is 0 Å². The van der Waals surface area contributed by atoms with Crippen LogP contribution in [0.4, 0.5) is 0 Å². The highest BCUT2D eigenvalue weighted by Crippen LogP contribution is 2.30.